The lowest BCUT2D eigenvalue weighted by atomic mass is 9.97. The van der Waals surface area contributed by atoms with Crippen LogP contribution in [-0.4, -0.2) is 61.9 Å². The van der Waals surface area contributed by atoms with E-state index in [2.05, 4.69) is 15.3 Å². The van der Waals surface area contributed by atoms with E-state index < -0.39 is 0 Å². The van der Waals surface area contributed by atoms with E-state index >= 15 is 0 Å². The summed E-state index contributed by atoms with van der Waals surface area (Å²) in [7, 11) is 4.93. The first kappa shape index (κ1) is 24.4. The molecule has 9 nitrogen and oxygen atoms in total. The fourth-order valence-electron chi connectivity index (χ4n) is 3.60. The van der Waals surface area contributed by atoms with E-state index in [1.54, 1.807) is 45.0 Å². The Bertz CT molecular complexity index is 1120. The summed E-state index contributed by atoms with van der Waals surface area (Å²) in [6, 6.07) is 3.54. The molecule has 0 atom stereocenters. The first-order valence-electron chi connectivity index (χ1n) is 10.7. The van der Waals surface area contributed by atoms with Gasteiger partial charge in [-0.1, -0.05) is 0 Å². The number of aromatic nitrogens is 2. The summed E-state index contributed by atoms with van der Waals surface area (Å²) >= 11 is 1.77. The maximum atomic E-state index is 9.88. The predicted octanol–water partition coefficient (Wildman–Crippen LogP) is 3.62. The van der Waals surface area contributed by atoms with Gasteiger partial charge in [0.15, 0.2) is 0 Å². The highest BCUT2D eigenvalue weighted by Gasteiger charge is 2.20. The van der Waals surface area contributed by atoms with Crippen LogP contribution in [0.5, 0.6) is 5.75 Å². The molecule has 0 saturated heterocycles. The molecule has 0 bridgehead atoms. The lowest BCUT2D eigenvalue weighted by molar-refractivity contribution is -0.117. The van der Waals surface area contributed by atoms with Crippen molar-refractivity contribution in [3.05, 3.63) is 34.5 Å². The van der Waals surface area contributed by atoms with Crippen molar-refractivity contribution in [1.82, 2.24) is 14.9 Å². The average molecular weight is 471 g/mol. The number of nitrogen functional groups attached to an aromatic ring is 1. The molecule has 0 unspecified atom stereocenters. The van der Waals surface area contributed by atoms with E-state index in [0.29, 0.717) is 30.2 Å². The molecule has 3 aromatic rings. The summed E-state index contributed by atoms with van der Waals surface area (Å²) in [6.45, 7) is 1.27. The average Bonchev–Trinajstić information content (AvgIpc) is 3.23. The zero-order valence-electron chi connectivity index (χ0n) is 19.2. The molecule has 0 spiro atoms. The molecule has 2 heterocycles. The third-order valence-corrected chi connectivity index (χ3v) is 6.59. The monoisotopic (exact) mass is 470 g/mol. The Balaban J connectivity index is 0.000000331. The van der Waals surface area contributed by atoms with Crippen molar-refractivity contribution >= 4 is 51.4 Å². The standard InChI is InChI=1S/C18H19N5OS.C5H11NO2/c1-24-14-7-12(20)10(8-19)6-13(14)23-17-16-11-4-2-3-5-15(11)25-18(16)22-9-21-17;1-6(5-7)3-4-8-2/h6-9,19H,2-5,20H2,1H3,(H,21,22,23);5H,3-4H2,1-2H3. The molecule has 1 aliphatic carbocycles. The normalized spacial score (nSPS) is 12.3. The van der Waals surface area contributed by atoms with Gasteiger partial charge in [0.25, 0.3) is 0 Å². The number of rotatable bonds is 8. The van der Waals surface area contributed by atoms with Crippen LogP contribution >= 0.6 is 11.3 Å². The number of methoxy groups -OCH3 is 2. The number of hydrogen-bond donors (Lipinski definition) is 3. The second-order valence-corrected chi connectivity index (χ2v) is 8.73. The number of benzene rings is 1. The number of likely N-dealkylation sites (N-methyl/N-ethyl adjacent to an activating group) is 1. The lowest BCUT2D eigenvalue weighted by Crippen LogP contribution is -2.20. The van der Waals surface area contributed by atoms with Crippen LogP contribution in [0.15, 0.2) is 18.5 Å². The van der Waals surface area contributed by atoms with E-state index in [9.17, 15) is 4.79 Å². The van der Waals surface area contributed by atoms with Crippen molar-refractivity contribution in [2.24, 2.45) is 0 Å². The molecule has 10 heteroatoms. The second kappa shape index (κ2) is 11.6. The van der Waals surface area contributed by atoms with Crippen LogP contribution in [-0.2, 0) is 22.4 Å². The number of carbonyl (C=O) groups is 1. The van der Waals surface area contributed by atoms with Crippen molar-refractivity contribution in [3.8, 4) is 5.75 Å². The summed E-state index contributed by atoms with van der Waals surface area (Å²) in [5.74, 6) is 1.40. The SMILES string of the molecule is COCCN(C)C=O.COc1cc(N)c(C=N)cc1Nc1ncnc2sc3c(c12)CCCC3. The van der Waals surface area contributed by atoms with Crippen molar-refractivity contribution in [2.45, 2.75) is 25.7 Å². The quantitative estimate of drug-likeness (QED) is 0.261. The minimum Gasteiger partial charge on any atom is -0.494 e. The Morgan fingerprint density at radius 3 is 2.76 bits per heavy atom. The van der Waals surface area contributed by atoms with Crippen molar-refractivity contribution in [2.75, 3.05) is 45.5 Å². The third kappa shape index (κ3) is 5.77. The number of nitrogens with one attached hydrogen (secondary N) is 2. The molecule has 1 aliphatic rings. The van der Waals surface area contributed by atoms with Gasteiger partial charge in [-0.3, -0.25) is 4.79 Å². The van der Waals surface area contributed by atoms with Crippen LogP contribution in [0.2, 0.25) is 0 Å². The van der Waals surface area contributed by atoms with Crippen LogP contribution < -0.4 is 15.8 Å². The lowest BCUT2D eigenvalue weighted by Gasteiger charge is -2.15. The summed E-state index contributed by atoms with van der Waals surface area (Å²) in [5.41, 5.74) is 9.22. The molecular formula is C23H30N6O3S. The number of nitrogens with two attached hydrogens (primary N) is 1. The molecular weight excluding hydrogens is 440 g/mol. The minimum atomic E-state index is 0.512. The minimum absolute atomic E-state index is 0.512. The molecule has 0 saturated carbocycles. The molecule has 1 aromatic carbocycles. The molecule has 0 aliphatic heterocycles. The Morgan fingerprint density at radius 1 is 1.27 bits per heavy atom. The number of anilines is 3. The first-order valence-corrected chi connectivity index (χ1v) is 11.5. The molecule has 33 heavy (non-hydrogen) atoms. The van der Waals surface area contributed by atoms with Crippen LogP contribution in [0, 0.1) is 5.41 Å². The Hall–Kier alpha value is -3.24. The van der Waals surface area contributed by atoms with Gasteiger partial charge in [0.1, 0.15) is 22.7 Å². The van der Waals surface area contributed by atoms with E-state index in [-0.39, 0.29) is 0 Å². The zero-order valence-corrected chi connectivity index (χ0v) is 20.0. The van der Waals surface area contributed by atoms with Gasteiger partial charge >= 0.3 is 0 Å². The highest BCUT2D eigenvalue weighted by atomic mass is 32.1. The summed E-state index contributed by atoms with van der Waals surface area (Å²) in [5, 5.41) is 12.0. The van der Waals surface area contributed by atoms with Crippen molar-refractivity contribution in [3.63, 3.8) is 0 Å². The molecule has 0 radical (unpaired) electrons. The van der Waals surface area contributed by atoms with Gasteiger partial charge < -0.3 is 30.8 Å². The zero-order chi connectivity index (χ0) is 23.8. The van der Waals surface area contributed by atoms with Crippen molar-refractivity contribution < 1.29 is 14.3 Å². The third-order valence-electron chi connectivity index (χ3n) is 5.39. The fraction of sp³-hybridized carbons (Fsp3) is 0.391. The molecule has 4 rings (SSSR count). The highest BCUT2D eigenvalue weighted by molar-refractivity contribution is 7.19. The predicted molar refractivity (Wildman–Crippen MR) is 133 cm³/mol. The van der Waals surface area contributed by atoms with E-state index in [1.165, 1.54) is 34.4 Å². The van der Waals surface area contributed by atoms with Gasteiger partial charge in [-0.2, -0.15) is 0 Å². The number of hydrogen-bond acceptors (Lipinski definition) is 9. The Labute approximate surface area is 197 Å². The van der Waals surface area contributed by atoms with Crippen LogP contribution in [0.25, 0.3) is 10.2 Å². The largest absolute Gasteiger partial charge is 0.494 e. The fourth-order valence-corrected chi connectivity index (χ4v) is 4.83. The van der Waals surface area contributed by atoms with Gasteiger partial charge in [0, 0.05) is 49.1 Å². The Morgan fingerprint density at radius 2 is 2.06 bits per heavy atom. The summed E-state index contributed by atoms with van der Waals surface area (Å²) < 4.78 is 10.2. The molecule has 2 aromatic heterocycles. The number of carbonyl (C=O) groups excluding carboxylic acids is 1. The molecule has 176 valence electrons. The summed E-state index contributed by atoms with van der Waals surface area (Å²) in [6.07, 6.45) is 8.25. The number of aryl methyl sites for hydroxylation is 2. The van der Waals surface area contributed by atoms with E-state index in [4.69, 9.17) is 20.6 Å². The topological polar surface area (TPSA) is 126 Å². The number of nitrogens with zero attached hydrogens (tertiary/aromatic N) is 3. The van der Waals surface area contributed by atoms with Gasteiger partial charge in [0.05, 0.1) is 24.8 Å². The Kier molecular flexibility index (Phi) is 8.56. The smallest absolute Gasteiger partial charge is 0.209 e. The maximum absolute atomic E-state index is 9.88. The van der Waals surface area contributed by atoms with Gasteiger partial charge in [-0.25, -0.2) is 9.97 Å². The second-order valence-electron chi connectivity index (χ2n) is 7.64. The maximum Gasteiger partial charge on any atom is 0.209 e. The number of ether oxygens (including phenoxy) is 2. The van der Waals surface area contributed by atoms with Gasteiger partial charge in [-0.15, -0.1) is 11.3 Å². The van der Waals surface area contributed by atoms with Gasteiger partial charge in [0.2, 0.25) is 6.41 Å². The van der Waals surface area contributed by atoms with E-state index in [0.717, 1.165) is 41.0 Å². The number of fused-ring (bicyclic) bond motifs is 3. The van der Waals surface area contributed by atoms with Crippen LogP contribution in [0.4, 0.5) is 17.2 Å². The molecule has 0 fully saturated rings. The van der Waals surface area contributed by atoms with Gasteiger partial charge in [-0.05, 0) is 37.3 Å². The van der Waals surface area contributed by atoms with Crippen molar-refractivity contribution in [1.29, 1.82) is 5.41 Å². The molecule has 4 N–H and O–H groups in total. The number of amides is 1. The van der Waals surface area contributed by atoms with Crippen LogP contribution in [0.3, 0.4) is 0 Å². The van der Waals surface area contributed by atoms with E-state index in [1.807, 2.05) is 6.07 Å². The number of thiophene rings is 1. The van der Waals surface area contributed by atoms with Crippen LogP contribution in [0.1, 0.15) is 28.8 Å². The highest BCUT2D eigenvalue weighted by Crippen LogP contribution is 2.40. The summed E-state index contributed by atoms with van der Waals surface area (Å²) in [4.78, 5) is 22.8. The molecule has 1 amide bonds. The first-order chi connectivity index (χ1) is 16.0.